The quantitative estimate of drug-likeness (QED) is 0.726. The minimum absolute atomic E-state index is 0.0249. The van der Waals surface area contributed by atoms with Gasteiger partial charge in [0.1, 0.15) is 0 Å². The van der Waals surface area contributed by atoms with Gasteiger partial charge in [-0.25, -0.2) is 4.98 Å². The van der Waals surface area contributed by atoms with E-state index in [2.05, 4.69) is 10.3 Å². The average Bonchev–Trinajstić information content (AvgIpc) is 2.87. The van der Waals surface area contributed by atoms with Crippen LogP contribution in [-0.2, 0) is 16.1 Å². The minimum Gasteiger partial charge on any atom is -0.481 e. The number of imidazole rings is 1. The van der Waals surface area contributed by atoms with Gasteiger partial charge in [-0.3, -0.25) is 9.59 Å². The molecule has 0 saturated carbocycles. The number of nitrogens with zero attached hydrogens (tertiary/aromatic N) is 2. The predicted molar refractivity (Wildman–Crippen MR) is 78.8 cm³/mol. The van der Waals surface area contributed by atoms with E-state index in [0.29, 0.717) is 32.4 Å². The van der Waals surface area contributed by atoms with E-state index in [0.717, 1.165) is 11.0 Å². The third-order valence-electron chi connectivity index (χ3n) is 3.25. The standard InChI is InChI=1S/C15H19N3O3/c19-14(16-9-4-3-7-15(20)21)8-10-18-11-17-12-5-1-2-6-13(12)18/h1-2,5-6,11H,3-4,7-10H2,(H,16,19)(H,20,21). The molecule has 6 heteroatoms. The molecule has 112 valence electrons. The first-order valence-corrected chi connectivity index (χ1v) is 7.05. The van der Waals surface area contributed by atoms with Crippen LogP contribution in [0.4, 0.5) is 0 Å². The minimum atomic E-state index is -0.798. The lowest BCUT2D eigenvalue weighted by atomic mass is 10.2. The van der Waals surface area contributed by atoms with E-state index >= 15 is 0 Å². The number of para-hydroxylation sites is 2. The summed E-state index contributed by atoms with van der Waals surface area (Å²) >= 11 is 0. The summed E-state index contributed by atoms with van der Waals surface area (Å²) in [6.45, 7) is 1.11. The molecule has 0 atom stereocenters. The third kappa shape index (κ3) is 4.59. The van der Waals surface area contributed by atoms with Gasteiger partial charge >= 0.3 is 5.97 Å². The summed E-state index contributed by atoms with van der Waals surface area (Å²) in [5.74, 6) is -0.823. The second-order valence-electron chi connectivity index (χ2n) is 4.88. The highest BCUT2D eigenvalue weighted by Gasteiger charge is 2.05. The number of aryl methyl sites for hydroxylation is 1. The molecule has 21 heavy (non-hydrogen) atoms. The van der Waals surface area contributed by atoms with Gasteiger partial charge in [-0.1, -0.05) is 12.1 Å². The molecule has 1 heterocycles. The van der Waals surface area contributed by atoms with Gasteiger partial charge in [-0.2, -0.15) is 0 Å². The van der Waals surface area contributed by atoms with Crippen molar-refractivity contribution >= 4 is 22.9 Å². The van der Waals surface area contributed by atoms with E-state index in [9.17, 15) is 9.59 Å². The zero-order valence-corrected chi connectivity index (χ0v) is 11.8. The Morgan fingerprint density at radius 1 is 1.19 bits per heavy atom. The van der Waals surface area contributed by atoms with Crippen LogP contribution in [0.25, 0.3) is 11.0 Å². The molecular weight excluding hydrogens is 270 g/mol. The fraction of sp³-hybridized carbons (Fsp3) is 0.400. The Labute approximate surface area is 122 Å². The Kier molecular flexibility index (Phi) is 5.31. The first kappa shape index (κ1) is 15.0. The first-order chi connectivity index (χ1) is 10.2. The number of hydrogen-bond acceptors (Lipinski definition) is 3. The molecule has 0 unspecified atom stereocenters. The number of aromatic nitrogens is 2. The van der Waals surface area contributed by atoms with E-state index in [4.69, 9.17) is 5.11 Å². The van der Waals surface area contributed by atoms with Gasteiger partial charge in [0, 0.05) is 25.9 Å². The Balaban J connectivity index is 1.70. The van der Waals surface area contributed by atoms with Gasteiger partial charge in [0.05, 0.1) is 17.4 Å². The summed E-state index contributed by atoms with van der Waals surface area (Å²) in [4.78, 5) is 26.3. The zero-order valence-electron chi connectivity index (χ0n) is 11.8. The summed E-state index contributed by atoms with van der Waals surface area (Å²) in [6, 6.07) is 7.80. The van der Waals surface area contributed by atoms with E-state index in [1.165, 1.54) is 0 Å². The number of carboxylic acid groups (broad SMARTS) is 1. The molecular formula is C15H19N3O3. The van der Waals surface area contributed by atoms with Crippen molar-refractivity contribution < 1.29 is 14.7 Å². The maximum atomic E-state index is 11.7. The van der Waals surface area contributed by atoms with Crippen molar-refractivity contribution in [2.75, 3.05) is 6.54 Å². The molecule has 0 aliphatic rings. The van der Waals surface area contributed by atoms with Crippen molar-refractivity contribution in [3.63, 3.8) is 0 Å². The maximum absolute atomic E-state index is 11.7. The lowest BCUT2D eigenvalue weighted by Gasteiger charge is -2.06. The van der Waals surface area contributed by atoms with Crippen LogP contribution in [0, 0.1) is 0 Å². The van der Waals surface area contributed by atoms with Gasteiger partial charge < -0.3 is 15.0 Å². The second-order valence-corrected chi connectivity index (χ2v) is 4.88. The number of hydrogen-bond donors (Lipinski definition) is 2. The molecule has 0 spiro atoms. The number of carboxylic acids is 1. The molecule has 0 radical (unpaired) electrons. The van der Waals surface area contributed by atoms with Crippen LogP contribution in [0.15, 0.2) is 30.6 Å². The molecule has 1 aromatic carbocycles. The monoisotopic (exact) mass is 289 g/mol. The van der Waals surface area contributed by atoms with E-state index in [1.54, 1.807) is 6.33 Å². The zero-order chi connectivity index (χ0) is 15.1. The van der Waals surface area contributed by atoms with Crippen molar-refractivity contribution in [2.45, 2.75) is 32.2 Å². The van der Waals surface area contributed by atoms with Gasteiger partial charge in [0.15, 0.2) is 0 Å². The Morgan fingerprint density at radius 2 is 2.00 bits per heavy atom. The van der Waals surface area contributed by atoms with Crippen LogP contribution >= 0.6 is 0 Å². The highest BCUT2D eigenvalue weighted by atomic mass is 16.4. The number of fused-ring (bicyclic) bond motifs is 1. The lowest BCUT2D eigenvalue weighted by Crippen LogP contribution is -2.25. The summed E-state index contributed by atoms with van der Waals surface area (Å²) < 4.78 is 1.96. The largest absolute Gasteiger partial charge is 0.481 e. The van der Waals surface area contributed by atoms with Crippen molar-refractivity contribution in [1.29, 1.82) is 0 Å². The smallest absolute Gasteiger partial charge is 0.303 e. The first-order valence-electron chi connectivity index (χ1n) is 7.05. The molecule has 1 aromatic heterocycles. The van der Waals surface area contributed by atoms with Gasteiger partial charge in [0.2, 0.25) is 5.91 Å². The van der Waals surface area contributed by atoms with Gasteiger partial charge in [0.25, 0.3) is 0 Å². The number of carbonyl (C=O) groups is 2. The number of benzene rings is 1. The highest BCUT2D eigenvalue weighted by molar-refractivity contribution is 5.77. The SMILES string of the molecule is O=C(O)CCCCNC(=O)CCn1cnc2ccccc21. The number of unbranched alkanes of at least 4 members (excludes halogenated alkanes) is 1. The van der Waals surface area contributed by atoms with Crippen LogP contribution in [-0.4, -0.2) is 33.1 Å². The molecule has 1 amide bonds. The summed E-state index contributed by atoms with van der Waals surface area (Å²) in [7, 11) is 0. The van der Waals surface area contributed by atoms with E-state index < -0.39 is 5.97 Å². The fourth-order valence-electron chi connectivity index (χ4n) is 2.13. The van der Waals surface area contributed by atoms with Crippen molar-refractivity contribution in [3.8, 4) is 0 Å². The normalized spacial score (nSPS) is 10.7. The summed E-state index contributed by atoms with van der Waals surface area (Å²) in [5, 5.41) is 11.3. The molecule has 2 aromatic rings. The number of carbonyl (C=O) groups excluding carboxylic acids is 1. The molecule has 0 aliphatic heterocycles. The molecule has 2 N–H and O–H groups in total. The Hall–Kier alpha value is -2.37. The maximum Gasteiger partial charge on any atom is 0.303 e. The predicted octanol–water partition coefficient (Wildman–Crippen LogP) is 1.80. The highest BCUT2D eigenvalue weighted by Crippen LogP contribution is 2.11. The number of nitrogens with one attached hydrogen (secondary N) is 1. The topological polar surface area (TPSA) is 84.2 Å². The molecule has 0 saturated heterocycles. The summed E-state index contributed by atoms with van der Waals surface area (Å²) in [6.07, 6.45) is 3.55. The van der Waals surface area contributed by atoms with E-state index in [-0.39, 0.29) is 12.3 Å². The van der Waals surface area contributed by atoms with Crippen LogP contribution in [0.1, 0.15) is 25.7 Å². The van der Waals surface area contributed by atoms with Crippen molar-refractivity contribution in [1.82, 2.24) is 14.9 Å². The molecule has 0 bridgehead atoms. The van der Waals surface area contributed by atoms with Crippen molar-refractivity contribution in [3.05, 3.63) is 30.6 Å². The van der Waals surface area contributed by atoms with E-state index in [1.807, 2.05) is 28.8 Å². The second kappa shape index (κ2) is 7.42. The van der Waals surface area contributed by atoms with Crippen molar-refractivity contribution in [2.24, 2.45) is 0 Å². The molecule has 6 nitrogen and oxygen atoms in total. The molecule has 0 aliphatic carbocycles. The summed E-state index contributed by atoms with van der Waals surface area (Å²) in [5.41, 5.74) is 1.94. The Morgan fingerprint density at radius 3 is 2.81 bits per heavy atom. The van der Waals surface area contributed by atoms with Crippen LogP contribution in [0.3, 0.4) is 0 Å². The fourth-order valence-corrected chi connectivity index (χ4v) is 2.13. The average molecular weight is 289 g/mol. The van der Waals surface area contributed by atoms with Crippen LogP contribution < -0.4 is 5.32 Å². The third-order valence-corrected chi connectivity index (χ3v) is 3.25. The van der Waals surface area contributed by atoms with Gasteiger partial charge in [-0.05, 0) is 25.0 Å². The number of aliphatic carboxylic acids is 1. The van der Waals surface area contributed by atoms with Crippen LogP contribution in [0.5, 0.6) is 0 Å². The van der Waals surface area contributed by atoms with Gasteiger partial charge in [-0.15, -0.1) is 0 Å². The molecule has 2 rings (SSSR count). The van der Waals surface area contributed by atoms with Crippen LogP contribution in [0.2, 0.25) is 0 Å². The molecule has 0 fully saturated rings. The lowest BCUT2D eigenvalue weighted by molar-refractivity contribution is -0.137. The number of rotatable bonds is 8. The number of amides is 1. The Bertz CT molecular complexity index is 621.